The van der Waals surface area contributed by atoms with Crippen LogP contribution in [0.15, 0.2) is 18.2 Å². The predicted octanol–water partition coefficient (Wildman–Crippen LogP) is 9.55. The van der Waals surface area contributed by atoms with E-state index in [1.165, 1.54) is 51.4 Å². The number of nitrogens with one attached hydrogen (secondary N) is 1. The number of ether oxygens (including phenoxy) is 1. The van der Waals surface area contributed by atoms with Crippen molar-refractivity contribution in [1.29, 1.82) is 0 Å². The molecule has 1 aliphatic rings. The van der Waals surface area contributed by atoms with Crippen LogP contribution in [0.4, 0.5) is 17.1 Å². The van der Waals surface area contributed by atoms with Crippen LogP contribution in [0, 0.1) is 38.5 Å². The van der Waals surface area contributed by atoms with E-state index < -0.39 is 0 Å². The number of nitrogens with two attached hydrogens (primary N) is 2. The fourth-order valence-corrected chi connectivity index (χ4v) is 6.50. The van der Waals surface area contributed by atoms with E-state index in [0.29, 0.717) is 22.6 Å². The van der Waals surface area contributed by atoms with Gasteiger partial charge in [0.05, 0.1) is 11.4 Å². The summed E-state index contributed by atoms with van der Waals surface area (Å²) in [6.07, 6.45) is 13.6. The molecule has 1 amide bonds. The third kappa shape index (κ3) is 8.90. The topological polar surface area (TPSA) is 90.4 Å². The second kappa shape index (κ2) is 14.5. The monoisotopic (exact) mass is 563 g/mol. The van der Waals surface area contributed by atoms with Crippen molar-refractivity contribution in [3.05, 3.63) is 46.0 Å². The van der Waals surface area contributed by atoms with E-state index in [1.807, 2.05) is 13.8 Å². The minimum atomic E-state index is -0.166. The van der Waals surface area contributed by atoms with Crippen LogP contribution in [-0.2, 0) is 6.42 Å². The largest absolute Gasteiger partial charge is 0.487 e. The van der Waals surface area contributed by atoms with Crippen LogP contribution in [0.5, 0.6) is 5.75 Å². The SMILES string of the molecule is Cc1c(C)c(C(=O)Nc2cc(N)ccc2N)c(C)c2c1OC(C)(CCCC(C)CCCC(C)CCCC(C)C)CC2. The van der Waals surface area contributed by atoms with E-state index in [2.05, 4.69) is 46.9 Å². The first-order valence-corrected chi connectivity index (χ1v) is 16.1. The summed E-state index contributed by atoms with van der Waals surface area (Å²) >= 11 is 0. The van der Waals surface area contributed by atoms with E-state index in [0.717, 1.165) is 65.0 Å². The third-order valence-electron chi connectivity index (χ3n) is 9.46. The molecule has 0 spiro atoms. The van der Waals surface area contributed by atoms with Crippen molar-refractivity contribution in [3.8, 4) is 5.75 Å². The molecule has 5 N–H and O–H groups in total. The summed E-state index contributed by atoms with van der Waals surface area (Å²) < 4.78 is 6.78. The maximum absolute atomic E-state index is 13.4. The van der Waals surface area contributed by atoms with Crippen LogP contribution in [0.2, 0.25) is 0 Å². The number of hydrogen-bond acceptors (Lipinski definition) is 4. The molecule has 2 aromatic carbocycles. The van der Waals surface area contributed by atoms with Gasteiger partial charge in [-0.2, -0.15) is 0 Å². The van der Waals surface area contributed by atoms with Crippen LogP contribution in [0.3, 0.4) is 0 Å². The molecule has 5 heteroatoms. The van der Waals surface area contributed by atoms with Crippen molar-refractivity contribution in [2.24, 2.45) is 17.8 Å². The lowest BCUT2D eigenvalue weighted by Gasteiger charge is -2.38. The minimum absolute atomic E-state index is 0.157. The second-order valence-corrected chi connectivity index (χ2v) is 13.8. The molecule has 3 unspecified atom stereocenters. The summed E-state index contributed by atoms with van der Waals surface area (Å²) in [6.45, 7) is 17.9. The summed E-state index contributed by atoms with van der Waals surface area (Å²) in [7, 11) is 0. The normalized spacial score (nSPS) is 18.1. The average Bonchev–Trinajstić information content (AvgIpc) is 2.89. The maximum atomic E-state index is 13.4. The summed E-state index contributed by atoms with van der Waals surface area (Å²) in [6, 6.07) is 5.15. The van der Waals surface area contributed by atoms with Gasteiger partial charge in [-0.05, 0) is 112 Å². The number of fused-ring (bicyclic) bond motifs is 1. The Morgan fingerprint density at radius 3 is 2.15 bits per heavy atom. The number of carbonyl (C=O) groups excluding carboxylic acids is 1. The molecule has 228 valence electrons. The third-order valence-corrected chi connectivity index (χ3v) is 9.46. The zero-order valence-corrected chi connectivity index (χ0v) is 27.2. The number of amides is 1. The molecule has 0 saturated heterocycles. The summed E-state index contributed by atoms with van der Waals surface area (Å²) in [4.78, 5) is 13.4. The molecule has 2 aromatic rings. The Balaban J connectivity index is 1.56. The molecule has 1 aliphatic heterocycles. The van der Waals surface area contributed by atoms with Gasteiger partial charge in [-0.3, -0.25) is 4.79 Å². The Morgan fingerprint density at radius 2 is 1.51 bits per heavy atom. The fourth-order valence-electron chi connectivity index (χ4n) is 6.50. The maximum Gasteiger partial charge on any atom is 0.256 e. The van der Waals surface area contributed by atoms with Gasteiger partial charge in [-0.25, -0.2) is 0 Å². The molecule has 0 fully saturated rings. The molecule has 0 aliphatic carbocycles. The molecule has 5 nitrogen and oxygen atoms in total. The first kappa shape index (κ1) is 32.8. The van der Waals surface area contributed by atoms with Gasteiger partial charge in [0.2, 0.25) is 0 Å². The Hall–Kier alpha value is -2.69. The lowest BCUT2D eigenvalue weighted by atomic mass is 9.82. The van der Waals surface area contributed by atoms with Crippen molar-refractivity contribution in [2.75, 3.05) is 16.8 Å². The number of carbonyl (C=O) groups is 1. The Labute approximate surface area is 250 Å². The van der Waals surface area contributed by atoms with Crippen LogP contribution < -0.4 is 21.5 Å². The molecule has 0 saturated carbocycles. The molecule has 0 aromatic heterocycles. The first-order valence-electron chi connectivity index (χ1n) is 16.1. The molecule has 1 heterocycles. The summed E-state index contributed by atoms with van der Waals surface area (Å²) in [5.41, 5.74) is 18.3. The van der Waals surface area contributed by atoms with E-state index in [-0.39, 0.29) is 11.5 Å². The summed E-state index contributed by atoms with van der Waals surface area (Å²) in [5.74, 6) is 3.27. The van der Waals surface area contributed by atoms with Gasteiger partial charge in [0.25, 0.3) is 5.91 Å². The second-order valence-electron chi connectivity index (χ2n) is 13.8. The van der Waals surface area contributed by atoms with E-state index in [1.54, 1.807) is 18.2 Å². The zero-order valence-electron chi connectivity index (χ0n) is 27.2. The standard InChI is InChI=1S/C36H57N3O2/c1-23(2)12-9-13-24(3)14-10-15-25(4)16-11-20-36(8)21-19-30-28(7)33(26(5)27(6)34(30)41-36)35(40)39-32-22-29(37)17-18-31(32)38/h17-18,22-25H,9-16,19-21,37-38H2,1-8H3,(H,39,40). The fraction of sp³-hybridized carbons (Fsp3) is 0.639. The summed E-state index contributed by atoms with van der Waals surface area (Å²) in [5, 5.41) is 2.99. The highest BCUT2D eigenvalue weighted by atomic mass is 16.5. The Bertz CT molecular complexity index is 1190. The van der Waals surface area contributed by atoms with Crippen LogP contribution in [0.25, 0.3) is 0 Å². The quantitative estimate of drug-likeness (QED) is 0.200. The van der Waals surface area contributed by atoms with Gasteiger partial charge in [0.1, 0.15) is 11.4 Å². The highest BCUT2D eigenvalue weighted by molar-refractivity contribution is 6.08. The van der Waals surface area contributed by atoms with Crippen molar-refractivity contribution in [3.63, 3.8) is 0 Å². The smallest absolute Gasteiger partial charge is 0.256 e. The van der Waals surface area contributed by atoms with Crippen molar-refractivity contribution in [2.45, 2.75) is 132 Å². The van der Waals surface area contributed by atoms with Crippen LogP contribution in [0.1, 0.15) is 131 Å². The Morgan fingerprint density at radius 1 is 0.902 bits per heavy atom. The lowest BCUT2D eigenvalue weighted by Crippen LogP contribution is -2.37. The highest BCUT2D eigenvalue weighted by Crippen LogP contribution is 2.43. The van der Waals surface area contributed by atoms with E-state index in [9.17, 15) is 4.79 Å². The van der Waals surface area contributed by atoms with Crippen LogP contribution in [-0.4, -0.2) is 11.5 Å². The van der Waals surface area contributed by atoms with E-state index >= 15 is 0 Å². The molecule has 0 radical (unpaired) electrons. The van der Waals surface area contributed by atoms with Gasteiger partial charge in [-0.15, -0.1) is 0 Å². The van der Waals surface area contributed by atoms with Crippen molar-refractivity contribution >= 4 is 23.0 Å². The molecule has 3 rings (SSSR count). The molecular formula is C36H57N3O2. The minimum Gasteiger partial charge on any atom is -0.487 e. The van der Waals surface area contributed by atoms with Gasteiger partial charge < -0.3 is 21.5 Å². The lowest BCUT2D eigenvalue weighted by molar-refractivity contribution is 0.0513. The molecule has 0 bridgehead atoms. The average molecular weight is 564 g/mol. The van der Waals surface area contributed by atoms with E-state index in [4.69, 9.17) is 16.2 Å². The van der Waals surface area contributed by atoms with Gasteiger partial charge in [-0.1, -0.05) is 72.6 Å². The highest BCUT2D eigenvalue weighted by Gasteiger charge is 2.35. The number of anilines is 3. The number of nitrogen functional groups attached to an aromatic ring is 2. The molecule has 3 atom stereocenters. The van der Waals surface area contributed by atoms with Crippen molar-refractivity contribution in [1.82, 2.24) is 0 Å². The van der Waals surface area contributed by atoms with Crippen molar-refractivity contribution < 1.29 is 9.53 Å². The predicted molar refractivity (Wildman–Crippen MR) is 176 cm³/mol. The van der Waals surface area contributed by atoms with Gasteiger partial charge in [0.15, 0.2) is 0 Å². The Kier molecular flexibility index (Phi) is 11.6. The molecular weight excluding hydrogens is 506 g/mol. The number of rotatable bonds is 14. The van der Waals surface area contributed by atoms with Crippen LogP contribution >= 0.6 is 0 Å². The zero-order chi connectivity index (χ0) is 30.3. The molecule has 41 heavy (non-hydrogen) atoms. The van der Waals surface area contributed by atoms with Gasteiger partial charge >= 0.3 is 0 Å². The first-order chi connectivity index (χ1) is 19.3. The number of hydrogen-bond donors (Lipinski definition) is 3. The number of benzene rings is 2. The van der Waals surface area contributed by atoms with Gasteiger partial charge in [0, 0.05) is 11.3 Å².